The number of guanidine groups is 1. The third-order valence-corrected chi connectivity index (χ3v) is 3.09. The van der Waals surface area contributed by atoms with E-state index in [0.717, 1.165) is 44.6 Å². The molecule has 0 saturated carbocycles. The van der Waals surface area contributed by atoms with Crippen LogP contribution in [0.15, 0.2) is 4.99 Å². The molecule has 4 nitrogen and oxygen atoms in total. The molecule has 0 aromatic rings. The quantitative estimate of drug-likeness (QED) is 0.278. The molecule has 0 saturated heterocycles. The van der Waals surface area contributed by atoms with Crippen molar-refractivity contribution in [3.63, 3.8) is 0 Å². The van der Waals surface area contributed by atoms with E-state index < -0.39 is 0 Å². The summed E-state index contributed by atoms with van der Waals surface area (Å²) in [5.41, 5.74) is 0. The lowest BCUT2D eigenvalue weighted by atomic mass is 10.1. The van der Waals surface area contributed by atoms with Crippen molar-refractivity contribution >= 4 is 29.9 Å². The van der Waals surface area contributed by atoms with Gasteiger partial charge >= 0.3 is 0 Å². The van der Waals surface area contributed by atoms with Crippen molar-refractivity contribution in [1.29, 1.82) is 0 Å². The molecule has 0 aromatic heterocycles. The maximum Gasteiger partial charge on any atom is 0.191 e. The number of nitrogens with one attached hydrogen (secondary N) is 2. The first-order valence-electron chi connectivity index (χ1n) is 7.30. The minimum Gasteiger partial charge on any atom is -0.356 e. The van der Waals surface area contributed by atoms with E-state index in [1.165, 1.54) is 12.8 Å². The number of hydrogen-bond acceptors (Lipinski definition) is 2. The second-order valence-corrected chi connectivity index (χ2v) is 4.99. The van der Waals surface area contributed by atoms with Gasteiger partial charge in [0.05, 0.1) is 0 Å². The first-order chi connectivity index (χ1) is 8.63. The molecule has 0 aromatic carbocycles. The molecule has 0 fully saturated rings. The predicted molar refractivity (Wildman–Crippen MR) is 96.6 cm³/mol. The molecule has 0 rings (SSSR count). The number of rotatable bonds is 9. The Bertz CT molecular complexity index is 215. The van der Waals surface area contributed by atoms with Crippen LogP contribution in [0, 0.1) is 5.92 Å². The van der Waals surface area contributed by atoms with Gasteiger partial charge in [-0.05, 0) is 31.8 Å². The largest absolute Gasteiger partial charge is 0.356 e. The number of hydrogen-bond donors (Lipinski definition) is 2. The number of aliphatic imine (C=N–C) groups is 1. The van der Waals surface area contributed by atoms with Gasteiger partial charge in [0.2, 0.25) is 0 Å². The van der Waals surface area contributed by atoms with Gasteiger partial charge in [-0.1, -0.05) is 27.7 Å². The van der Waals surface area contributed by atoms with Crippen LogP contribution in [0.4, 0.5) is 0 Å². The summed E-state index contributed by atoms with van der Waals surface area (Å²) < 4.78 is 0. The summed E-state index contributed by atoms with van der Waals surface area (Å²) in [6.45, 7) is 14.2. The van der Waals surface area contributed by atoms with Crippen LogP contribution in [0.2, 0.25) is 0 Å². The zero-order valence-corrected chi connectivity index (χ0v) is 15.7. The SMILES string of the molecule is CCN(CC)CCNC(=NC)NCCCC(C)C.I. The van der Waals surface area contributed by atoms with Crippen LogP contribution in [0.25, 0.3) is 0 Å². The molecule has 116 valence electrons. The fourth-order valence-corrected chi connectivity index (χ4v) is 1.81. The predicted octanol–water partition coefficient (Wildman–Crippen LogP) is 2.55. The Kier molecular flexibility index (Phi) is 16.1. The number of likely N-dealkylation sites (N-methyl/N-ethyl adjacent to an activating group) is 1. The summed E-state index contributed by atoms with van der Waals surface area (Å²) in [6.07, 6.45) is 2.47. The first-order valence-corrected chi connectivity index (χ1v) is 7.30. The van der Waals surface area contributed by atoms with Gasteiger partial charge in [-0.3, -0.25) is 4.99 Å². The molecule has 0 spiro atoms. The number of nitrogens with zero attached hydrogens (tertiary/aromatic N) is 2. The highest BCUT2D eigenvalue weighted by atomic mass is 127. The smallest absolute Gasteiger partial charge is 0.191 e. The molecule has 5 heteroatoms. The second kappa shape index (κ2) is 14.4. The minimum atomic E-state index is 0. The second-order valence-electron chi connectivity index (χ2n) is 4.99. The van der Waals surface area contributed by atoms with Gasteiger partial charge in [0.15, 0.2) is 5.96 Å². The van der Waals surface area contributed by atoms with Crippen molar-refractivity contribution in [2.75, 3.05) is 39.8 Å². The van der Waals surface area contributed by atoms with E-state index in [0.29, 0.717) is 0 Å². The molecule has 0 unspecified atom stereocenters. The monoisotopic (exact) mass is 384 g/mol. The Morgan fingerprint density at radius 3 is 2.16 bits per heavy atom. The van der Waals surface area contributed by atoms with Crippen LogP contribution >= 0.6 is 24.0 Å². The summed E-state index contributed by atoms with van der Waals surface area (Å²) in [5.74, 6) is 1.70. The lowest BCUT2D eigenvalue weighted by Gasteiger charge is -2.19. The van der Waals surface area contributed by atoms with Gasteiger partial charge in [-0.25, -0.2) is 0 Å². The van der Waals surface area contributed by atoms with Crippen LogP contribution in [0.5, 0.6) is 0 Å². The Morgan fingerprint density at radius 1 is 1.11 bits per heavy atom. The molecule has 0 aliphatic carbocycles. The van der Waals surface area contributed by atoms with Crippen LogP contribution in [-0.2, 0) is 0 Å². The zero-order chi connectivity index (χ0) is 13.8. The van der Waals surface area contributed by atoms with Gasteiger partial charge in [-0.2, -0.15) is 0 Å². The summed E-state index contributed by atoms with van der Waals surface area (Å²) >= 11 is 0. The van der Waals surface area contributed by atoms with Gasteiger partial charge in [0.25, 0.3) is 0 Å². The fourth-order valence-electron chi connectivity index (χ4n) is 1.81. The molecule has 0 aliphatic rings. The highest BCUT2D eigenvalue weighted by molar-refractivity contribution is 14.0. The van der Waals surface area contributed by atoms with E-state index in [4.69, 9.17) is 0 Å². The summed E-state index contributed by atoms with van der Waals surface area (Å²) in [6, 6.07) is 0. The molecule has 0 atom stereocenters. The van der Waals surface area contributed by atoms with Gasteiger partial charge < -0.3 is 15.5 Å². The highest BCUT2D eigenvalue weighted by Gasteiger charge is 2.00. The molecule has 0 heterocycles. The Labute approximate surface area is 136 Å². The van der Waals surface area contributed by atoms with Crippen LogP contribution < -0.4 is 10.6 Å². The van der Waals surface area contributed by atoms with Crippen molar-refractivity contribution in [3.8, 4) is 0 Å². The number of halogens is 1. The maximum absolute atomic E-state index is 4.23. The molecular formula is C14H33IN4. The van der Waals surface area contributed by atoms with Crippen molar-refractivity contribution < 1.29 is 0 Å². The molecule has 0 bridgehead atoms. The summed E-state index contributed by atoms with van der Waals surface area (Å²) in [4.78, 5) is 6.63. The van der Waals surface area contributed by atoms with Gasteiger partial charge in [0.1, 0.15) is 0 Å². The standard InChI is InChI=1S/C14H32N4.HI/c1-6-18(7-2)12-11-17-14(15-5)16-10-8-9-13(3)4;/h13H,6-12H2,1-5H3,(H2,15,16,17);1H. The lowest BCUT2D eigenvalue weighted by molar-refractivity contribution is 0.308. The molecule has 0 amide bonds. The maximum atomic E-state index is 4.23. The molecule has 0 aliphatic heterocycles. The van der Waals surface area contributed by atoms with Crippen molar-refractivity contribution in [2.24, 2.45) is 10.9 Å². The lowest BCUT2D eigenvalue weighted by Crippen LogP contribution is -2.41. The molecule has 0 radical (unpaired) electrons. The van der Waals surface area contributed by atoms with Crippen LogP contribution in [0.1, 0.15) is 40.5 Å². The van der Waals surface area contributed by atoms with Crippen molar-refractivity contribution in [1.82, 2.24) is 15.5 Å². The Hall–Kier alpha value is -0.0400. The topological polar surface area (TPSA) is 39.7 Å². The van der Waals surface area contributed by atoms with E-state index >= 15 is 0 Å². The van der Waals surface area contributed by atoms with E-state index in [2.05, 4.69) is 48.2 Å². The van der Waals surface area contributed by atoms with Crippen molar-refractivity contribution in [2.45, 2.75) is 40.5 Å². The average molecular weight is 384 g/mol. The zero-order valence-electron chi connectivity index (χ0n) is 13.3. The Morgan fingerprint density at radius 2 is 1.68 bits per heavy atom. The fraction of sp³-hybridized carbons (Fsp3) is 0.929. The summed E-state index contributed by atoms with van der Waals surface area (Å²) in [7, 11) is 1.83. The first kappa shape index (κ1) is 21.3. The highest BCUT2D eigenvalue weighted by Crippen LogP contribution is 2.01. The molecular weight excluding hydrogens is 351 g/mol. The molecule has 2 N–H and O–H groups in total. The summed E-state index contributed by atoms with van der Waals surface area (Å²) in [5, 5.41) is 6.71. The molecule has 19 heavy (non-hydrogen) atoms. The van der Waals surface area contributed by atoms with Crippen LogP contribution in [-0.4, -0.2) is 50.6 Å². The van der Waals surface area contributed by atoms with E-state index in [-0.39, 0.29) is 24.0 Å². The average Bonchev–Trinajstić information content (AvgIpc) is 2.36. The minimum absolute atomic E-state index is 0. The van der Waals surface area contributed by atoms with E-state index in [1.54, 1.807) is 0 Å². The van der Waals surface area contributed by atoms with Gasteiger partial charge in [-0.15, -0.1) is 24.0 Å². The van der Waals surface area contributed by atoms with Gasteiger partial charge in [0, 0.05) is 26.7 Å². The normalized spacial score (nSPS) is 11.6. The Balaban J connectivity index is 0. The van der Waals surface area contributed by atoms with Crippen LogP contribution in [0.3, 0.4) is 0 Å². The third kappa shape index (κ3) is 12.7. The van der Waals surface area contributed by atoms with E-state index in [9.17, 15) is 0 Å². The van der Waals surface area contributed by atoms with E-state index in [1.807, 2.05) is 7.05 Å². The third-order valence-electron chi connectivity index (χ3n) is 3.09. The van der Waals surface area contributed by atoms with Crippen molar-refractivity contribution in [3.05, 3.63) is 0 Å².